The van der Waals surface area contributed by atoms with Crippen LogP contribution in [0.15, 0.2) is 30.3 Å². The fourth-order valence-corrected chi connectivity index (χ4v) is 3.89. The van der Waals surface area contributed by atoms with Gasteiger partial charge in [0.2, 0.25) is 11.7 Å². The third-order valence-electron chi connectivity index (χ3n) is 5.54. The summed E-state index contributed by atoms with van der Waals surface area (Å²) in [5, 5.41) is 2.92. The first kappa shape index (κ1) is 26.2. The highest BCUT2D eigenvalue weighted by atomic mass is 16.5. The monoisotopic (exact) mass is 484 g/mol. The summed E-state index contributed by atoms with van der Waals surface area (Å²) in [6.07, 6.45) is 0.821. The van der Waals surface area contributed by atoms with Crippen molar-refractivity contribution in [2.45, 2.75) is 48.0 Å². The van der Waals surface area contributed by atoms with Gasteiger partial charge in [0.05, 0.1) is 30.9 Å². The maximum Gasteiger partial charge on any atom is 0.255 e. The molecule has 190 valence electrons. The summed E-state index contributed by atoms with van der Waals surface area (Å²) in [5.41, 5.74) is 0.992. The first-order valence-electron chi connectivity index (χ1n) is 12.2. The van der Waals surface area contributed by atoms with E-state index in [9.17, 15) is 9.59 Å². The minimum Gasteiger partial charge on any atom is -0.490 e. The van der Waals surface area contributed by atoms with Crippen LogP contribution < -0.4 is 29.2 Å². The number of carbonyl (C=O) groups excluding carboxylic acids is 2. The van der Waals surface area contributed by atoms with Gasteiger partial charge in [-0.1, -0.05) is 6.92 Å². The Balaban J connectivity index is 1.92. The zero-order chi connectivity index (χ0) is 25.6. The lowest BCUT2D eigenvalue weighted by Gasteiger charge is -2.27. The van der Waals surface area contributed by atoms with Crippen molar-refractivity contribution < 1.29 is 28.5 Å². The Bertz CT molecular complexity index is 1040. The maximum atomic E-state index is 13.2. The predicted molar refractivity (Wildman–Crippen MR) is 136 cm³/mol. The summed E-state index contributed by atoms with van der Waals surface area (Å²) < 4.78 is 23.2. The van der Waals surface area contributed by atoms with Crippen LogP contribution in [0, 0.1) is 5.41 Å². The third kappa shape index (κ3) is 5.81. The lowest BCUT2D eigenvalue weighted by molar-refractivity contribution is -0.127. The van der Waals surface area contributed by atoms with Crippen molar-refractivity contribution in [2.24, 2.45) is 5.41 Å². The molecule has 0 aliphatic carbocycles. The van der Waals surface area contributed by atoms with E-state index in [1.807, 2.05) is 47.6 Å². The van der Waals surface area contributed by atoms with Crippen molar-refractivity contribution >= 4 is 23.2 Å². The van der Waals surface area contributed by atoms with Gasteiger partial charge < -0.3 is 29.2 Å². The summed E-state index contributed by atoms with van der Waals surface area (Å²) in [6, 6.07) is 8.64. The molecular weight excluding hydrogens is 448 g/mol. The Hall–Kier alpha value is -3.42. The molecule has 0 unspecified atom stereocenters. The molecule has 0 radical (unpaired) electrons. The van der Waals surface area contributed by atoms with E-state index >= 15 is 0 Å². The van der Waals surface area contributed by atoms with Crippen molar-refractivity contribution in [3.63, 3.8) is 0 Å². The minimum absolute atomic E-state index is 0.0242. The van der Waals surface area contributed by atoms with Crippen LogP contribution in [0.1, 0.15) is 58.3 Å². The van der Waals surface area contributed by atoms with Gasteiger partial charge in [-0.05, 0) is 65.3 Å². The molecule has 3 rings (SSSR count). The largest absolute Gasteiger partial charge is 0.490 e. The average molecular weight is 485 g/mol. The molecule has 1 aliphatic heterocycles. The van der Waals surface area contributed by atoms with E-state index in [4.69, 9.17) is 18.9 Å². The molecule has 0 atom stereocenters. The fraction of sp³-hybridized carbons (Fsp3) is 0.481. The molecule has 0 fully saturated rings. The first-order valence-corrected chi connectivity index (χ1v) is 12.2. The molecule has 2 amide bonds. The normalized spacial score (nSPS) is 14.5. The molecule has 35 heavy (non-hydrogen) atoms. The molecule has 1 N–H and O–H groups in total. The lowest BCUT2D eigenvalue weighted by atomic mass is 9.93. The van der Waals surface area contributed by atoms with E-state index in [2.05, 4.69) is 5.32 Å². The highest BCUT2D eigenvalue weighted by molar-refractivity contribution is 6.06. The number of carbonyl (C=O) groups is 2. The summed E-state index contributed by atoms with van der Waals surface area (Å²) in [5.74, 6) is 1.64. The van der Waals surface area contributed by atoms with Crippen LogP contribution in [0.5, 0.6) is 23.0 Å². The van der Waals surface area contributed by atoms with Gasteiger partial charge in [0.25, 0.3) is 5.91 Å². The van der Waals surface area contributed by atoms with Crippen molar-refractivity contribution in [1.82, 2.24) is 0 Å². The molecule has 2 aromatic carbocycles. The Morgan fingerprint density at radius 1 is 1.00 bits per heavy atom. The summed E-state index contributed by atoms with van der Waals surface area (Å²) in [7, 11) is 0. The Morgan fingerprint density at radius 3 is 2.20 bits per heavy atom. The van der Waals surface area contributed by atoms with Crippen LogP contribution >= 0.6 is 0 Å². The van der Waals surface area contributed by atoms with Crippen LogP contribution in [-0.2, 0) is 4.79 Å². The van der Waals surface area contributed by atoms with E-state index in [0.29, 0.717) is 66.3 Å². The van der Waals surface area contributed by atoms with Crippen LogP contribution in [0.3, 0.4) is 0 Å². The number of fused-ring (bicyclic) bond motifs is 1. The number of nitrogens with zero attached hydrogens (tertiary/aromatic N) is 1. The average Bonchev–Trinajstić information content (AvgIpc) is 2.91. The Morgan fingerprint density at radius 2 is 1.63 bits per heavy atom. The smallest absolute Gasteiger partial charge is 0.255 e. The van der Waals surface area contributed by atoms with Gasteiger partial charge in [-0.2, -0.15) is 0 Å². The minimum atomic E-state index is -0.648. The SMILES string of the molecule is CCCN1C(=O)C(C)(C)COc2cc(NC(=O)c3cc(OCC)c(OCC)c(OCC)c3)ccc21. The molecule has 8 heteroatoms. The number of amides is 2. The standard InChI is InChI=1S/C27H36N2O6/c1-7-13-29-20-12-11-19(16-21(20)35-17-27(5,6)26(29)31)28-25(30)18-14-22(32-8-2)24(34-10-4)23(15-18)33-9-3/h11-12,14-16H,7-10,13,17H2,1-6H3,(H,28,30). The Kier molecular flexibility index (Phi) is 8.48. The number of nitrogens with one attached hydrogen (secondary N) is 1. The number of hydrogen-bond acceptors (Lipinski definition) is 6. The van der Waals surface area contributed by atoms with Crippen molar-refractivity contribution in [3.8, 4) is 23.0 Å². The number of hydrogen-bond donors (Lipinski definition) is 1. The zero-order valence-electron chi connectivity index (χ0n) is 21.5. The predicted octanol–water partition coefficient (Wildman–Crippen LogP) is 5.30. The van der Waals surface area contributed by atoms with Crippen LogP contribution in [0.25, 0.3) is 0 Å². The molecule has 0 aromatic heterocycles. The van der Waals surface area contributed by atoms with Gasteiger partial charge >= 0.3 is 0 Å². The van der Waals surface area contributed by atoms with Crippen molar-refractivity contribution in [3.05, 3.63) is 35.9 Å². The number of rotatable bonds is 10. The van der Waals surface area contributed by atoms with E-state index in [1.54, 1.807) is 29.2 Å². The number of ether oxygens (including phenoxy) is 4. The topological polar surface area (TPSA) is 86.3 Å². The van der Waals surface area contributed by atoms with Gasteiger partial charge in [-0.3, -0.25) is 9.59 Å². The fourth-order valence-electron chi connectivity index (χ4n) is 3.89. The third-order valence-corrected chi connectivity index (χ3v) is 5.54. The molecule has 0 bridgehead atoms. The lowest BCUT2D eigenvalue weighted by Crippen LogP contribution is -2.42. The van der Waals surface area contributed by atoms with Crippen molar-refractivity contribution in [1.29, 1.82) is 0 Å². The number of anilines is 2. The van der Waals surface area contributed by atoms with Crippen LogP contribution in [-0.4, -0.2) is 44.8 Å². The molecule has 8 nitrogen and oxygen atoms in total. The van der Waals surface area contributed by atoms with E-state index < -0.39 is 5.41 Å². The van der Waals surface area contributed by atoms with Gasteiger partial charge in [-0.15, -0.1) is 0 Å². The molecule has 1 heterocycles. The molecule has 0 spiro atoms. The van der Waals surface area contributed by atoms with E-state index in [1.165, 1.54) is 0 Å². The summed E-state index contributed by atoms with van der Waals surface area (Å²) in [4.78, 5) is 28.0. The van der Waals surface area contributed by atoms with Gasteiger partial charge in [0.15, 0.2) is 11.5 Å². The van der Waals surface area contributed by atoms with Gasteiger partial charge in [-0.25, -0.2) is 0 Å². The summed E-state index contributed by atoms with van der Waals surface area (Å²) in [6.45, 7) is 13.5. The highest BCUT2D eigenvalue weighted by Crippen LogP contribution is 2.40. The van der Waals surface area contributed by atoms with Gasteiger partial charge in [0.1, 0.15) is 12.4 Å². The first-order chi connectivity index (χ1) is 16.7. The molecule has 0 saturated heterocycles. The molecule has 1 aliphatic rings. The second kappa shape index (κ2) is 11.3. The quantitative estimate of drug-likeness (QED) is 0.493. The second-order valence-electron chi connectivity index (χ2n) is 8.87. The summed E-state index contributed by atoms with van der Waals surface area (Å²) >= 11 is 0. The highest BCUT2D eigenvalue weighted by Gasteiger charge is 2.37. The van der Waals surface area contributed by atoms with Crippen molar-refractivity contribution in [2.75, 3.05) is 43.2 Å². The molecular formula is C27H36N2O6. The maximum absolute atomic E-state index is 13.2. The van der Waals surface area contributed by atoms with Crippen LogP contribution in [0.4, 0.5) is 11.4 Å². The van der Waals surface area contributed by atoms with E-state index in [0.717, 1.165) is 6.42 Å². The van der Waals surface area contributed by atoms with Gasteiger partial charge in [0, 0.05) is 23.9 Å². The molecule has 2 aromatic rings. The zero-order valence-corrected chi connectivity index (χ0v) is 21.5. The second-order valence-corrected chi connectivity index (χ2v) is 8.87. The van der Waals surface area contributed by atoms with Crippen LogP contribution in [0.2, 0.25) is 0 Å². The Labute approximate surface area is 207 Å². The van der Waals surface area contributed by atoms with E-state index in [-0.39, 0.29) is 18.4 Å². The molecule has 0 saturated carbocycles. The number of benzene rings is 2.